The summed E-state index contributed by atoms with van der Waals surface area (Å²) in [6.45, 7) is 0.977. The van der Waals surface area contributed by atoms with Crippen molar-refractivity contribution in [3.05, 3.63) is 59.1 Å². The van der Waals surface area contributed by atoms with E-state index in [2.05, 4.69) is 10.6 Å². The third-order valence-electron chi connectivity index (χ3n) is 4.16. The second-order valence-electron chi connectivity index (χ2n) is 6.16. The number of rotatable bonds is 7. The van der Waals surface area contributed by atoms with E-state index in [9.17, 15) is 9.59 Å². The van der Waals surface area contributed by atoms with Crippen LogP contribution in [0.3, 0.4) is 0 Å². The van der Waals surface area contributed by atoms with Crippen molar-refractivity contribution in [3.63, 3.8) is 0 Å². The monoisotopic (exact) mass is 388 g/mol. The molecule has 0 unspecified atom stereocenters. The van der Waals surface area contributed by atoms with Gasteiger partial charge in [0.05, 0.1) is 22.4 Å². The van der Waals surface area contributed by atoms with Crippen molar-refractivity contribution in [2.24, 2.45) is 0 Å². The summed E-state index contributed by atoms with van der Waals surface area (Å²) in [5, 5.41) is 6.00. The maximum absolute atomic E-state index is 12.5. The third kappa shape index (κ3) is 5.45. The number of carbonyl (C=O) groups is 2. The van der Waals surface area contributed by atoms with E-state index in [4.69, 9.17) is 21.1 Å². The Labute approximate surface area is 162 Å². The van der Waals surface area contributed by atoms with Crippen molar-refractivity contribution in [2.75, 3.05) is 25.1 Å². The molecule has 1 atom stereocenters. The second kappa shape index (κ2) is 9.39. The Kier molecular flexibility index (Phi) is 6.68. The predicted molar refractivity (Wildman–Crippen MR) is 103 cm³/mol. The zero-order valence-electron chi connectivity index (χ0n) is 14.7. The average molecular weight is 389 g/mol. The van der Waals surface area contributed by atoms with Gasteiger partial charge in [-0.2, -0.15) is 0 Å². The van der Waals surface area contributed by atoms with E-state index in [1.165, 1.54) is 0 Å². The Morgan fingerprint density at radius 2 is 1.93 bits per heavy atom. The van der Waals surface area contributed by atoms with E-state index in [1.54, 1.807) is 48.5 Å². The first-order chi connectivity index (χ1) is 13.1. The van der Waals surface area contributed by atoms with Gasteiger partial charge < -0.3 is 20.1 Å². The fourth-order valence-electron chi connectivity index (χ4n) is 2.79. The van der Waals surface area contributed by atoms with E-state index in [0.29, 0.717) is 28.6 Å². The molecule has 7 heteroatoms. The Hall–Kier alpha value is -2.57. The molecule has 1 saturated heterocycles. The molecule has 1 fully saturated rings. The van der Waals surface area contributed by atoms with Crippen LogP contribution in [0.1, 0.15) is 23.2 Å². The highest BCUT2D eigenvalue weighted by atomic mass is 35.5. The van der Waals surface area contributed by atoms with Gasteiger partial charge in [0.25, 0.3) is 11.8 Å². The van der Waals surface area contributed by atoms with Gasteiger partial charge in [-0.05, 0) is 37.1 Å². The summed E-state index contributed by atoms with van der Waals surface area (Å²) < 4.78 is 10.9. The number of ether oxygens (including phenoxy) is 2. The van der Waals surface area contributed by atoms with E-state index < -0.39 is 0 Å². The van der Waals surface area contributed by atoms with Crippen LogP contribution in [0, 0.1) is 0 Å². The fourth-order valence-corrected chi connectivity index (χ4v) is 2.98. The molecule has 0 spiro atoms. The number of anilines is 1. The lowest BCUT2D eigenvalue weighted by molar-refractivity contribution is -0.118. The molecule has 0 bridgehead atoms. The molecule has 0 radical (unpaired) electrons. The third-order valence-corrected chi connectivity index (χ3v) is 4.47. The molecule has 0 aliphatic carbocycles. The van der Waals surface area contributed by atoms with Crippen LogP contribution in [0.25, 0.3) is 0 Å². The van der Waals surface area contributed by atoms with E-state index in [-0.39, 0.29) is 24.5 Å². The minimum atomic E-state index is -0.380. The first-order valence-corrected chi connectivity index (χ1v) is 9.17. The molecule has 2 aromatic rings. The second-order valence-corrected chi connectivity index (χ2v) is 6.57. The Balaban J connectivity index is 1.57. The number of nitrogens with one attached hydrogen (secondary N) is 2. The Morgan fingerprint density at radius 3 is 2.70 bits per heavy atom. The van der Waals surface area contributed by atoms with E-state index in [1.807, 2.05) is 0 Å². The van der Waals surface area contributed by atoms with Crippen LogP contribution < -0.4 is 15.4 Å². The molecule has 1 heterocycles. The van der Waals surface area contributed by atoms with Crippen LogP contribution >= 0.6 is 11.6 Å². The summed E-state index contributed by atoms with van der Waals surface area (Å²) in [6.07, 6.45) is 2.01. The van der Waals surface area contributed by atoms with Crippen molar-refractivity contribution in [2.45, 2.75) is 18.9 Å². The summed E-state index contributed by atoms with van der Waals surface area (Å²) in [6, 6.07) is 13.8. The van der Waals surface area contributed by atoms with Gasteiger partial charge in [0.15, 0.2) is 6.61 Å². The molecule has 1 aliphatic heterocycles. The summed E-state index contributed by atoms with van der Waals surface area (Å²) in [5.74, 6) is -0.209. The van der Waals surface area contributed by atoms with Gasteiger partial charge in [0, 0.05) is 13.2 Å². The van der Waals surface area contributed by atoms with E-state index >= 15 is 0 Å². The maximum Gasteiger partial charge on any atom is 0.262 e. The lowest BCUT2D eigenvalue weighted by Crippen LogP contribution is -2.32. The zero-order chi connectivity index (χ0) is 19.1. The number of hydrogen-bond acceptors (Lipinski definition) is 4. The molecule has 27 heavy (non-hydrogen) atoms. The summed E-state index contributed by atoms with van der Waals surface area (Å²) in [5.41, 5.74) is 0.816. The maximum atomic E-state index is 12.5. The first kappa shape index (κ1) is 19.2. The standard InChI is InChI=1S/C20H21ClN2O4/c21-16-8-2-4-10-18(16)27-13-19(24)23-17-9-3-1-7-15(17)20(25)22-12-14-6-5-11-26-14/h1-4,7-10,14H,5-6,11-13H2,(H,22,25)(H,23,24)/t14-/m1/s1. The van der Waals surface area contributed by atoms with Crippen molar-refractivity contribution in [3.8, 4) is 5.75 Å². The van der Waals surface area contributed by atoms with Crippen molar-refractivity contribution < 1.29 is 19.1 Å². The molecule has 2 N–H and O–H groups in total. The molecule has 1 aliphatic rings. The topological polar surface area (TPSA) is 76.7 Å². The highest BCUT2D eigenvalue weighted by molar-refractivity contribution is 6.32. The molecule has 2 amide bonds. The van der Waals surface area contributed by atoms with Gasteiger partial charge >= 0.3 is 0 Å². The quantitative estimate of drug-likeness (QED) is 0.763. The SMILES string of the molecule is O=C(COc1ccccc1Cl)Nc1ccccc1C(=O)NC[C@H]1CCCO1. The predicted octanol–water partition coefficient (Wildman–Crippen LogP) is 3.27. The lowest BCUT2D eigenvalue weighted by atomic mass is 10.1. The van der Waals surface area contributed by atoms with Gasteiger partial charge in [0.2, 0.25) is 0 Å². The number of halogens is 1. The molecule has 2 aromatic carbocycles. The molecule has 3 rings (SSSR count). The number of carbonyl (C=O) groups excluding carboxylic acids is 2. The Bertz CT molecular complexity index is 806. The molecular formula is C20H21ClN2O4. The van der Waals surface area contributed by atoms with Crippen LogP contribution in [0.5, 0.6) is 5.75 Å². The zero-order valence-corrected chi connectivity index (χ0v) is 15.5. The normalized spacial score (nSPS) is 16.0. The van der Waals surface area contributed by atoms with Crippen LogP contribution in [0.2, 0.25) is 5.02 Å². The Morgan fingerprint density at radius 1 is 1.15 bits per heavy atom. The minimum Gasteiger partial charge on any atom is -0.482 e. The number of para-hydroxylation sites is 2. The van der Waals surface area contributed by atoms with Gasteiger partial charge in [-0.25, -0.2) is 0 Å². The summed E-state index contributed by atoms with van der Waals surface area (Å²) in [7, 11) is 0. The lowest BCUT2D eigenvalue weighted by Gasteiger charge is -2.14. The minimum absolute atomic E-state index is 0.0553. The molecule has 142 valence electrons. The fraction of sp³-hybridized carbons (Fsp3) is 0.300. The van der Waals surface area contributed by atoms with E-state index in [0.717, 1.165) is 19.4 Å². The highest BCUT2D eigenvalue weighted by Gasteiger charge is 2.18. The smallest absolute Gasteiger partial charge is 0.262 e. The summed E-state index contributed by atoms with van der Waals surface area (Å²) >= 11 is 6.00. The van der Waals surface area contributed by atoms with Crippen LogP contribution in [0.4, 0.5) is 5.69 Å². The number of amides is 2. The number of benzene rings is 2. The van der Waals surface area contributed by atoms with Crippen LogP contribution in [-0.2, 0) is 9.53 Å². The number of hydrogen-bond donors (Lipinski definition) is 2. The molecule has 0 saturated carbocycles. The molecular weight excluding hydrogens is 368 g/mol. The van der Waals surface area contributed by atoms with Gasteiger partial charge in [-0.1, -0.05) is 35.9 Å². The van der Waals surface area contributed by atoms with Crippen molar-refractivity contribution in [1.29, 1.82) is 0 Å². The van der Waals surface area contributed by atoms with Gasteiger partial charge in [-0.15, -0.1) is 0 Å². The van der Waals surface area contributed by atoms with Gasteiger partial charge in [0.1, 0.15) is 5.75 Å². The summed E-state index contributed by atoms with van der Waals surface area (Å²) in [4.78, 5) is 24.7. The molecule has 6 nitrogen and oxygen atoms in total. The van der Waals surface area contributed by atoms with Crippen LogP contribution in [0.15, 0.2) is 48.5 Å². The van der Waals surface area contributed by atoms with Gasteiger partial charge in [-0.3, -0.25) is 9.59 Å². The average Bonchev–Trinajstić information content (AvgIpc) is 3.19. The largest absolute Gasteiger partial charge is 0.482 e. The highest BCUT2D eigenvalue weighted by Crippen LogP contribution is 2.23. The van der Waals surface area contributed by atoms with Crippen molar-refractivity contribution in [1.82, 2.24) is 5.32 Å². The van der Waals surface area contributed by atoms with Crippen molar-refractivity contribution >= 4 is 29.1 Å². The molecule has 0 aromatic heterocycles. The van der Waals surface area contributed by atoms with Crippen LogP contribution in [-0.4, -0.2) is 37.7 Å². The first-order valence-electron chi connectivity index (χ1n) is 8.79.